The van der Waals surface area contributed by atoms with E-state index < -0.39 is 0 Å². The second-order valence-corrected chi connectivity index (χ2v) is 10.0. The van der Waals surface area contributed by atoms with Crippen molar-refractivity contribution in [1.29, 1.82) is 0 Å². The summed E-state index contributed by atoms with van der Waals surface area (Å²) in [6, 6.07) is 19.7. The number of pyridine rings is 1. The Labute approximate surface area is 216 Å². The number of benzene rings is 2. The van der Waals surface area contributed by atoms with Crippen molar-refractivity contribution in [1.82, 2.24) is 19.8 Å². The van der Waals surface area contributed by atoms with Crippen LogP contribution in [0.5, 0.6) is 5.75 Å². The number of hydrogen-bond donors (Lipinski definition) is 1. The molecule has 0 spiro atoms. The van der Waals surface area contributed by atoms with Gasteiger partial charge in [0.25, 0.3) is 11.8 Å². The number of aryl methyl sites for hydroxylation is 1. The van der Waals surface area contributed by atoms with Crippen LogP contribution in [0, 0.1) is 6.92 Å². The number of carbonyl (C=O) groups excluding carboxylic acids is 2. The Kier molecular flexibility index (Phi) is 5.91. The maximum absolute atomic E-state index is 13.6. The molecule has 0 atom stereocenters. The van der Waals surface area contributed by atoms with Gasteiger partial charge in [0.1, 0.15) is 11.4 Å². The molecule has 1 saturated heterocycles. The summed E-state index contributed by atoms with van der Waals surface area (Å²) in [7, 11) is 1.64. The molecule has 7 nitrogen and oxygen atoms in total. The van der Waals surface area contributed by atoms with Crippen molar-refractivity contribution in [2.75, 3.05) is 20.2 Å². The lowest BCUT2D eigenvalue weighted by molar-refractivity contribution is 0.0699. The fraction of sp³-hybridized carbons (Fsp3) is 0.300. The van der Waals surface area contributed by atoms with E-state index in [0.717, 1.165) is 40.9 Å². The summed E-state index contributed by atoms with van der Waals surface area (Å²) < 4.78 is 5.30. The van der Waals surface area contributed by atoms with E-state index in [-0.39, 0.29) is 17.7 Å². The lowest BCUT2D eigenvalue weighted by Crippen LogP contribution is -2.38. The van der Waals surface area contributed by atoms with Crippen LogP contribution in [0.4, 0.5) is 0 Å². The van der Waals surface area contributed by atoms with E-state index in [1.165, 1.54) is 11.1 Å². The Balaban J connectivity index is 1.17. The molecule has 188 valence electrons. The largest absolute Gasteiger partial charge is 0.497 e. The number of aromatic nitrogens is 2. The average Bonchev–Trinajstić information content (AvgIpc) is 3.56. The lowest BCUT2D eigenvalue weighted by Gasteiger charge is -2.32. The van der Waals surface area contributed by atoms with Crippen molar-refractivity contribution >= 4 is 22.7 Å². The number of fused-ring (bicyclic) bond motifs is 2. The second kappa shape index (κ2) is 9.39. The van der Waals surface area contributed by atoms with Crippen LogP contribution in [0.15, 0.2) is 60.7 Å². The van der Waals surface area contributed by atoms with E-state index in [1.807, 2.05) is 65.3 Å². The fourth-order valence-corrected chi connectivity index (χ4v) is 5.60. The number of nitrogens with one attached hydrogen (secondary N) is 1. The average molecular weight is 495 g/mol. The van der Waals surface area contributed by atoms with Gasteiger partial charge in [0.05, 0.1) is 18.4 Å². The summed E-state index contributed by atoms with van der Waals surface area (Å²) >= 11 is 0. The molecule has 2 amide bonds. The molecule has 6 rings (SSSR count). The van der Waals surface area contributed by atoms with Crippen molar-refractivity contribution < 1.29 is 14.3 Å². The molecule has 0 saturated carbocycles. The van der Waals surface area contributed by atoms with Gasteiger partial charge in [-0.3, -0.25) is 14.6 Å². The van der Waals surface area contributed by atoms with Gasteiger partial charge >= 0.3 is 0 Å². The zero-order chi connectivity index (χ0) is 25.5. The van der Waals surface area contributed by atoms with E-state index in [1.54, 1.807) is 7.11 Å². The number of amides is 2. The zero-order valence-corrected chi connectivity index (χ0v) is 21.2. The Morgan fingerprint density at radius 2 is 1.65 bits per heavy atom. The molecule has 0 bridgehead atoms. The fourth-order valence-electron chi connectivity index (χ4n) is 5.60. The van der Waals surface area contributed by atoms with Gasteiger partial charge in [-0.1, -0.05) is 24.3 Å². The van der Waals surface area contributed by atoms with Gasteiger partial charge in [0, 0.05) is 48.7 Å². The second-order valence-electron chi connectivity index (χ2n) is 10.0. The number of rotatable bonds is 4. The minimum absolute atomic E-state index is 0.00282. The molecule has 0 unspecified atom stereocenters. The van der Waals surface area contributed by atoms with Gasteiger partial charge in [-0.15, -0.1) is 0 Å². The first-order chi connectivity index (χ1) is 18.0. The van der Waals surface area contributed by atoms with Gasteiger partial charge in [-0.05, 0) is 67.3 Å². The Morgan fingerprint density at radius 3 is 2.35 bits per heavy atom. The summed E-state index contributed by atoms with van der Waals surface area (Å²) in [4.78, 5) is 38.7. The van der Waals surface area contributed by atoms with Gasteiger partial charge < -0.3 is 19.5 Å². The highest BCUT2D eigenvalue weighted by Gasteiger charge is 2.31. The predicted molar refractivity (Wildman–Crippen MR) is 142 cm³/mol. The normalized spacial score (nSPS) is 15.7. The van der Waals surface area contributed by atoms with Gasteiger partial charge in [0.15, 0.2) is 0 Å². The number of nitrogens with zero attached hydrogens (tertiary/aromatic N) is 3. The number of aromatic amines is 1. The molecule has 7 heteroatoms. The third-order valence-electron chi connectivity index (χ3n) is 7.65. The van der Waals surface area contributed by atoms with Gasteiger partial charge in [-0.25, -0.2) is 0 Å². The van der Waals surface area contributed by atoms with Crippen LogP contribution in [0.2, 0.25) is 0 Å². The first kappa shape index (κ1) is 23.3. The van der Waals surface area contributed by atoms with Crippen LogP contribution >= 0.6 is 0 Å². The van der Waals surface area contributed by atoms with Crippen molar-refractivity contribution in [2.45, 2.75) is 38.8 Å². The molecule has 2 aromatic heterocycles. The molecule has 0 radical (unpaired) electrons. The monoisotopic (exact) mass is 494 g/mol. The third kappa shape index (κ3) is 4.35. The number of ether oxygens (including phenoxy) is 1. The van der Waals surface area contributed by atoms with E-state index in [9.17, 15) is 9.59 Å². The van der Waals surface area contributed by atoms with E-state index in [2.05, 4.69) is 17.1 Å². The Hall–Kier alpha value is -4.13. The van der Waals surface area contributed by atoms with Crippen molar-refractivity contribution in [3.8, 4) is 5.75 Å². The number of likely N-dealkylation sites (tertiary alicyclic amines) is 1. The molecule has 2 aliphatic heterocycles. The van der Waals surface area contributed by atoms with E-state index in [0.29, 0.717) is 37.4 Å². The zero-order valence-electron chi connectivity index (χ0n) is 21.2. The van der Waals surface area contributed by atoms with Crippen LogP contribution in [-0.2, 0) is 13.1 Å². The van der Waals surface area contributed by atoms with Crippen LogP contribution in [-0.4, -0.2) is 51.8 Å². The first-order valence-corrected chi connectivity index (χ1v) is 12.8. The first-order valence-electron chi connectivity index (χ1n) is 12.8. The number of methoxy groups -OCH3 is 1. The maximum atomic E-state index is 13.6. The molecule has 4 heterocycles. The number of hydrogen-bond acceptors (Lipinski definition) is 4. The quantitative estimate of drug-likeness (QED) is 0.430. The minimum Gasteiger partial charge on any atom is -0.497 e. The summed E-state index contributed by atoms with van der Waals surface area (Å²) in [5.41, 5.74) is 6.37. The highest BCUT2D eigenvalue weighted by molar-refractivity contribution is 5.98. The molecule has 2 aliphatic rings. The highest BCUT2D eigenvalue weighted by atomic mass is 16.5. The summed E-state index contributed by atoms with van der Waals surface area (Å²) in [6.07, 6.45) is 1.55. The van der Waals surface area contributed by atoms with Crippen LogP contribution in [0.1, 0.15) is 62.1 Å². The molecular weight excluding hydrogens is 464 g/mol. The molecule has 4 aromatic rings. The number of H-pyrrole nitrogens is 1. The summed E-state index contributed by atoms with van der Waals surface area (Å²) in [5, 5.41) is 0.953. The van der Waals surface area contributed by atoms with Crippen molar-refractivity contribution in [3.63, 3.8) is 0 Å². The van der Waals surface area contributed by atoms with Crippen molar-refractivity contribution in [2.24, 2.45) is 0 Å². The molecule has 1 fully saturated rings. The third-order valence-corrected chi connectivity index (χ3v) is 7.65. The van der Waals surface area contributed by atoms with E-state index in [4.69, 9.17) is 9.72 Å². The molecule has 2 aromatic carbocycles. The summed E-state index contributed by atoms with van der Waals surface area (Å²) in [5.74, 6) is 0.933. The number of carbonyl (C=O) groups is 2. The summed E-state index contributed by atoms with van der Waals surface area (Å²) in [6.45, 7) is 4.48. The molecule has 37 heavy (non-hydrogen) atoms. The smallest absolute Gasteiger partial charge is 0.270 e. The van der Waals surface area contributed by atoms with Gasteiger partial charge in [0.2, 0.25) is 0 Å². The lowest BCUT2D eigenvalue weighted by atomic mass is 9.89. The van der Waals surface area contributed by atoms with Gasteiger partial charge in [-0.2, -0.15) is 0 Å². The van der Waals surface area contributed by atoms with E-state index >= 15 is 0 Å². The minimum atomic E-state index is -0.00282. The standard InChI is InChI=1S/C30H30N4O3/c1-19-7-9-25(29(35)34-17-21-5-3-4-6-22(21)18-34)28(31-19)20-11-13-33(14-12-20)30(36)27-16-23-15-24(37-2)8-10-26(23)32-27/h3-10,15-16,20,32H,11-14,17-18H2,1-2H3. The Morgan fingerprint density at radius 1 is 0.919 bits per heavy atom. The van der Waals surface area contributed by atoms with Crippen LogP contribution in [0.25, 0.3) is 10.9 Å². The molecule has 0 aliphatic carbocycles. The molecule has 1 N–H and O–H groups in total. The van der Waals surface area contributed by atoms with Crippen molar-refractivity contribution in [3.05, 3.63) is 94.4 Å². The van der Waals surface area contributed by atoms with Crippen LogP contribution in [0.3, 0.4) is 0 Å². The van der Waals surface area contributed by atoms with Crippen LogP contribution < -0.4 is 4.74 Å². The predicted octanol–water partition coefficient (Wildman–Crippen LogP) is 5.06. The topological polar surface area (TPSA) is 78.5 Å². The Bertz CT molecular complexity index is 1470. The number of piperidine rings is 1. The highest BCUT2D eigenvalue weighted by Crippen LogP contribution is 2.32. The molecular formula is C30H30N4O3. The SMILES string of the molecule is COc1ccc2[nH]c(C(=O)N3CCC(c4nc(C)ccc4C(=O)N4Cc5ccccc5C4)CC3)cc2c1. The maximum Gasteiger partial charge on any atom is 0.270 e.